The summed E-state index contributed by atoms with van der Waals surface area (Å²) >= 11 is 0. The number of benzene rings is 2. The molecular formula is C18H24N2O2S. The van der Waals surface area contributed by atoms with Crippen LogP contribution in [0.1, 0.15) is 25.0 Å². The molecule has 0 aromatic heterocycles. The smallest absolute Gasteiger partial charge is 0.236 e. The van der Waals surface area contributed by atoms with Crippen LogP contribution in [0.4, 0.5) is 11.4 Å². The van der Waals surface area contributed by atoms with Gasteiger partial charge in [0, 0.05) is 18.8 Å². The van der Waals surface area contributed by atoms with Gasteiger partial charge in [0.2, 0.25) is 10.0 Å². The Hall–Kier alpha value is -2.01. The van der Waals surface area contributed by atoms with Gasteiger partial charge in [-0.2, -0.15) is 0 Å². The second-order valence-electron chi connectivity index (χ2n) is 5.52. The third kappa shape index (κ3) is 4.73. The zero-order chi connectivity index (χ0) is 16.9. The van der Waals surface area contributed by atoms with Crippen LogP contribution < -0.4 is 9.62 Å². The number of aryl methyl sites for hydroxylation is 1. The number of hydrogen-bond acceptors (Lipinski definition) is 3. The van der Waals surface area contributed by atoms with Gasteiger partial charge in [-0.1, -0.05) is 30.3 Å². The number of sulfonamides is 1. The van der Waals surface area contributed by atoms with E-state index in [4.69, 9.17) is 0 Å². The van der Waals surface area contributed by atoms with E-state index in [-0.39, 0.29) is 5.75 Å². The predicted molar refractivity (Wildman–Crippen MR) is 97.4 cm³/mol. The van der Waals surface area contributed by atoms with Gasteiger partial charge in [-0.3, -0.25) is 4.72 Å². The molecule has 2 aromatic rings. The maximum absolute atomic E-state index is 12.3. The molecule has 0 aliphatic heterocycles. The van der Waals surface area contributed by atoms with Crippen molar-refractivity contribution in [2.24, 2.45) is 0 Å². The minimum Gasteiger partial charge on any atom is -0.372 e. The van der Waals surface area contributed by atoms with E-state index in [1.165, 1.54) is 0 Å². The molecule has 0 fully saturated rings. The van der Waals surface area contributed by atoms with Crippen molar-refractivity contribution in [1.29, 1.82) is 0 Å². The van der Waals surface area contributed by atoms with Crippen LogP contribution in [-0.4, -0.2) is 21.5 Å². The zero-order valence-corrected chi connectivity index (χ0v) is 14.7. The van der Waals surface area contributed by atoms with E-state index in [1.54, 1.807) is 0 Å². The fraction of sp³-hybridized carbons (Fsp3) is 0.333. The van der Waals surface area contributed by atoms with Gasteiger partial charge in [-0.15, -0.1) is 0 Å². The average molecular weight is 332 g/mol. The molecule has 1 N–H and O–H groups in total. The van der Waals surface area contributed by atoms with Gasteiger partial charge in [0.15, 0.2) is 0 Å². The number of rotatable bonds is 7. The van der Waals surface area contributed by atoms with Crippen LogP contribution in [0.2, 0.25) is 0 Å². The van der Waals surface area contributed by atoms with E-state index >= 15 is 0 Å². The first-order chi connectivity index (χ1) is 10.9. The van der Waals surface area contributed by atoms with Crippen molar-refractivity contribution in [1.82, 2.24) is 0 Å². The number of hydrogen-bond donors (Lipinski definition) is 1. The molecule has 23 heavy (non-hydrogen) atoms. The van der Waals surface area contributed by atoms with Crippen molar-refractivity contribution < 1.29 is 8.42 Å². The molecule has 0 aliphatic carbocycles. The molecule has 0 radical (unpaired) electrons. The summed E-state index contributed by atoms with van der Waals surface area (Å²) in [7, 11) is -3.42. The Bertz CT molecular complexity index is 739. The molecule has 2 aromatic carbocycles. The highest BCUT2D eigenvalue weighted by molar-refractivity contribution is 7.91. The maximum atomic E-state index is 12.3. The Labute approximate surface area is 139 Å². The lowest BCUT2D eigenvalue weighted by Crippen LogP contribution is -2.22. The highest BCUT2D eigenvalue weighted by atomic mass is 32.2. The molecule has 0 bridgehead atoms. The van der Waals surface area contributed by atoms with E-state index in [2.05, 4.69) is 23.5 Å². The molecule has 5 heteroatoms. The third-order valence-corrected chi connectivity index (χ3v) is 5.05. The van der Waals surface area contributed by atoms with Crippen LogP contribution >= 0.6 is 0 Å². The lowest BCUT2D eigenvalue weighted by Gasteiger charge is -2.22. The minimum absolute atomic E-state index is 0.0227. The number of nitrogens with zero attached hydrogens (tertiary/aromatic N) is 1. The van der Waals surface area contributed by atoms with Gasteiger partial charge < -0.3 is 4.90 Å². The summed E-state index contributed by atoms with van der Waals surface area (Å²) in [4.78, 5) is 2.23. The monoisotopic (exact) mass is 332 g/mol. The highest BCUT2D eigenvalue weighted by Crippen LogP contribution is 2.24. The van der Waals surface area contributed by atoms with Crippen LogP contribution in [0, 0.1) is 6.92 Å². The summed E-state index contributed by atoms with van der Waals surface area (Å²) in [5, 5.41) is 0. The van der Waals surface area contributed by atoms with Gasteiger partial charge in [-0.25, -0.2) is 8.42 Å². The summed E-state index contributed by atoms with van der Waals surface area (Å²) in [6.45, 7) is 7.99. The SMILES string of the molecule is CCN(CC)c1ccc(NS(=O)(=O)Cc2ccccc2)c(C)c1. The summed E-state index contributed by atoms with van der Waals surface area (Å²) in [6.07, 6.45) is 0. The number of anilines is 2. The highest BCUT2D eigenvalue weighted by Gasteiger charge is 2.13. The molecular weight excluding hydrogens is 308 g/mol. The molecule has 0 heterocycles. The topological polar surface area (TPSA) is 49.4 Å². The van der Waals surface area contributed by atoms with Gasteiger partial charge in [0.05, 0.1) is 11.4 Å². The second kappa shape index (κ2) is 7.51. The van der Waals surface area contributed by atoms with E-state index < -0.39 is 10.0 Å². The summed E-state index contributed by atoms with van der Waals surface area (Å²) < 4.78 is 27.4. The predicted octanol–water partition coefficient (Wildman–Crippen LogP) is 3.78. The fourth-order valence-corrected chi connectivity index (χ4v) is 3.81. The quantitative estimate of drug-likeness (QED) is 0.839. The molecule has 124 valence electrons. The maximum Gasteiger partial charge on any atom is 0.236 e. The molecule has 0 spiro atoms. The summed E-state index contributed by atoms with van der Waals surface area (Å²) in [5.41, 5.74) is 3.44. The molecule has 0 atom stereocenters. The lowest BCUT2D eigenvalue weighted by atomic mass is 10.1. The Morgan fingerprint density at radius 2 is 1.65 bits per heavy atom. The Morgan fingerprint density at radius 1 is 1.00 bits per heavy atom. The first-order valence-electron chi connectivity index (χ1n) is 7.85. The van der Waals surface area contributed by atoms with Crippen molar-refractivity contribution in [3.63, 3.8) is 0 Å². The average Bonchev–Trinajstić information content (AvgIpc) is 2.51. The second-order valence-corrected chi connectivity index (χ2v) is 7.24. The van der Waals surface area contributed by atoms with E-state index in [0.717, 1.165) is 29.9 Å². The zero-order valence-electron chi connectivity index (χ0n) is 13.9. The standard InChI is InChI=1S/C18H24N2O2S/c1-4-20(5-2)17-11-12-18(15(3)13-17)19-23(21,22)14-16-9-7-6-8-10-16/h6-13,19H,4-5,14H2,1-3H3. The molecule has 0 saturated heterocycles. The van der Waals surface area contributed by atoms with Crippen LogP contribution in [0.5, 0.6) is 0 Å². The summed E-state index contributed by atoms with van der Waals surface area (Å²) in [5.74, 6) is -0.0227. The Kier molecular flexibility index (Phi) is 5.66. The van der Waals surface area contributed by atoms with Crippen LogP contribution in [0.3, 0.4) is 0 Å². The molecule has 4 nitrogen and oxygen atoms in total. The summed E-state index contributed by atoms with van der Waals surface area (Å²) in [6, 6.07) is 15.0. The van der Waals surface area contributed by atoms with E-state index in [9.17, 15) is 8.42 Å². The van der Waals surface area contributed by atoms with Crippen LogP contribution in [0.15, 0.2) is 48.5 Å². The van der Waals surface area contributed by atoms with Gasteiger partial charge >= 0.3 is 0 Å². The molecule has 0 aliphatic rings. The van der Waals surface area contributed by atoms with Crippen molar-refractivity contribution in [2.75, 3.05) is 22.7 Å². The third-order valence-electron chi connectivity index (χ3n) is 3.80. The van der Waals surface area contributed by atoms with Gasteiger partial charge in [0.25, 0.3) is 0 Å². The normalized spacial score (nSPS) is 11.3. The van der Waals surface area contributed by atoms with Crippen LogP contribution in [-0.2, 0) is 15.8 Å². The van der Waals surface area contributed by atoms with E-state index in [0.29, 0.717) is 5.69 Å². The Balaban J connectivity index is 2.16. The van der Waals surface area contributed by atoms with Gasteiger partial charge in [0.1, 0.15) is 0 Å². The Morgan fingerprint density at radius 3 is 2.22 bits per heavy atom. The lowest BCUT2D eigenvalue weighted by molar-refractivity contribution is 0.600. The van der Waals surface area contributed by atoms with Crippen molar-refractivity contribution in [3.8, 4) is 0 Å². The van der Waals surface area contributed by atoms with Crippen molar-refractivity contribution in [3.05, 3.63) is 59.7 Å². The first kappa shape index (κ1) is 17.3. The fourth-order valence-electron chi connectivity index (χ4n) is 2.55. The van der Waals surface area contributed by atoms with Gasteiger partial charge in [-0.05, 0) is 50.1 Å². The first-order valence-corrected chi connectivity index (χ1v) is 9.50. The van der Waals surface area contributed by atoms with E-state index in [1.807, 2.05) is 55.5 Å². The molecule has 0 amide bonds. The minimum atomic E-state index is -3.42. The number of nitrogens with one attached hydrogen (secondary N) is 1. The molecule has 0 unspecified atom stereocenters. The molecule has 0 saturated carbocycles. The van der Waals surface area contributed by atoms with Crippen LogP contribution in [0.25, 0.3) is 0 Å². The largest absolute Gasteiger partial charge is 0.372 e. The molecule has 2 rings (SSSR count). The van der Waals surface area contributed by atoms with Crippen molar-refractivity contribution in [2.45, 2.75) is 26.5 Å². The van der Waals surface area contributed by atoms with Crippen molar-refractivity contribution >= 4 is 21.4 Å².